The number of hydrogen-bond acceptors (Lipinski definition) is 3. The molecule has 0 bridgehead atoms. The number of hydrogen-bond donors (Lipinski definition) is 0. The van der Waals surface area contributed by atoms with Crippen molar-refractivity contribution in [1.29, 1.82) is 0 Å². The number of aromatic nitrogens is 4. The normalized spacial score (nSPS) is 12.2. The van der Waals surface area contributed by atoms with Gasteiger partial charge in [-0.05, 0) is 95.5 Å². The maximum Gasteiger partial charge on any atom is 2.00 e. The fraction of sp³-hybridized carbons (Fsp3) is 0.333. The van der Waals surface area contributed by atoms with Crippen LogP contribution in [0.3, 0.4) is 0 Å². The molecule has 0 atom stereocenters. The van der Waals surface area contributed by atoms with E-state index >= 15 is 0 Å². The first-order valence-electron chi connectivity index (χ1n) is 18.9. The Hall–Kier alpha value is -4.50. The second kappa shape index (κ2) is 14.6. The second-order valence-electron chi connectivity index (χ2n) is 16.9. The maximum absolute atomic E-state index is 6.69. The monoisotopic (exact) mass is 806 g/mol. The van der Waals surface area contributed by atoms with Gasteiger partial charge in [0.25, 0.3) is 0 Å². The zero-order valence-electron chi connectivity index (χ0n) is 33.8. The van der Waals surface area contributed by atoms with E-state index in [1.165, 1.54) is 33.4 Å². The van der Waals surface area contributed by atoms with Crippen molar-refractivity contribution in [3.05, 3.63) is 130 Å². The summed E-state index contributed by atoms with van der Waals surface area (Å²) in [7, 11) is 0. The molecule has 0 amide bonds. The van der Waals surface area contributed by atoms with Gasteiger partial charge in [0.15, 0.2) is 0 Å². The summed E-state index contributed by atoms with van der Waals surface area (Å²) in [5.41, 5.74) is 13.7. The molecule has 0 aliphatic rings. The Morgan fingerprint density at radius 3 is 2.09 bits per heavy atom. The molecule has 3 aromatic heterocycles. The fourth-order valence-electron chi connectivity index (χ4n) is 7.62. The molecule has 280 valence electrons. The van der Waals surface area contributed by atoms with Crippen molar-refractivity contribution in [2.24, 2.45) is 0 Å². The topological polar surface area (TPSA) is 44.9 Å². The molecule has 0 saturated carbocycles. The average molecular weight is 807 g/mol. The molecule has 7 aromatic rings. The Labute approximate surface area is 335 Å². The van der Waals surface area contributed by atoms with Gasteiger partial charge in [-0.15, -0.1) is 41.3 Å². The van der Waals surface area contributed by atoms with Crippen LogP contribution in [-0.4, -0.2) is 19.3 Å². The van der Waals surface area contributed by atoms with E-state index in [4.69, 9.17) is 14.8 Å². The van der Waals surface area contributed by atoms with Crippen LogP contribution in [0.5, 0.6) is 11.5 Å². The minimum atomic E-state index is -0.0504. The van der Waals surface area contributed by atoms with Gasteiger partial charge in [0, 0.05) is 34.5 Å². The Morgan fingerprint density at radius 2 is 1.44 bits per heavy atom. The molecule has 0 N–H and O–H groups in total. The molecular formula is C48H52N4OPd. The van der Waals surface area contributed by atoms with Crippen LogP contribution in [0.25, 0.3) is 44.4 Å². The number of aryl methyl sites for hydroxylation is 3. The molecule has 0 fully saturated rings. The third-order valence-electron chi connectivity index (χ3n) is 10.4. The molecule has 0 saturated heterocycles. The number of rotatable bonds is 7. The first-order valence-corrected chi connectivity index (χ1v) is 18.9. The van der Waals surface area contributed by atoms with Crippen LogP contribution in [0.15, 0.2) is 79.0 Å². The largest absolute Gasteiger partial charge is 2.00 e. The zero-order chi connectivity index (χ0) is 38.0. The second-order valence-corrected chi connectivity index (χ2v) is 16.9. The van der Waals surface area contributed by atoms with Gasteiger partial charge in [0.05, 0.1) is 5.69 Å². The number of fused-ring (bicyclic) bond motifs is 3. The van der Waals surface area contributed by atoms with Crippen LogP contribution in [0.2, 0.25) is 0 Å². The summed E-state index contributed by atoms with van der Waals surface area (Å²) in [6.45, 7) is 27.0. The first-order chi connectivity index (χ1) is 25.0. The summed E-state index contributed by atoms with van der Waals surface area (Å²) in [4.78, 5) is 4.79. The number of ether oxygens (including phenoxy) is 1. The van der Waals surface area contributed by atoms with Gasteiger partial charge in [-0.25, -0.2) is 4.98 Å². The van der Waals surface area contributed by atoms with E-state index in [1.54, 1.807) is 0 Å². The third kappa shape index (κ3) is 7.19. The third-order valence-corrected chi connectivity index (χ3v) is 10.4. The van der Waals surface area contributed by atoms with Crippen LogP contribution in [0, 0.1) is 32.9 Å². The van der Waals surface area contributed by atoms with Gasteiger partial charge in [0.2, 0.25) is 0 Å². The van der Waals surface area contributed by atoms with E-state index in [-0.39, 0.29) is 37.2 Å². The minimum Gasteiger partial charge on any atom is -0.509 e. The van der Waals surface area contributed by atoms with Gasteiger partial charge in [-0.2, -0.15) is 11.2 Å². The molecule has 0 unspecified atom stereocenters. The summed E-state index contributed by atoms with van der Waals surface area (Å²) in [5.74, 6) is 2.39. The predicted octanol–water partition coefficient (Wildman–Crippen LogP) is 12.6. The van der Waals surface area contributed by atoms with Crippen molar-refractivity contribution < 1.29 is 25.2 Å². The van der Waals surface area contributed by atoms with Crippen molar-refractivity contribution in [3.63, 3.8) is 0 Å². The van der Waals surface area contributed by atoms with Crippen molar-refractivity contribution >= 4 is 21.8 Å². The van der Waals surface area contributed by atoms with Crippen LogP contribution in [0.1, 0.15) is 107 Å². The van der Waals surface area contributed by atoms with Crippen LogP contribution >= 0.6 is 0 Å². The molecule has 7 rings (SSSR count). The Morgan fingerprint density at radius 1 is 0.759 bits per heavy atom. The number of nitrogens with zero attached hydrogens (tertiary/aromatic N) is 4. The number of para-hydroxylation sites is 1. The smallest absolute Gasteiger partial charge is 0.509 e. The number of pyridine rings is 1. The fourth-order valence-corrected chi connectivity index (χ4v) is 7.62. The van der Waals surface area contributed by atoms with E-state index in [2.05, 4.69) is 171 Å². The molecule has 6 heteroatoms. The Balaban J connectivity index is 0.00000497. The standard InChI is InChI=1S/C48H52N4O.Pd/c1-13-33-20-21-49-44(24-33)51-42-17-15-14-16-38(42)39-19-18-36(28-43(39)51)53-37-26-34(29(2)3)25-35(27-37)52-32(6)45(31(5)50-52)46-40(47(7,8)9)22-30(4)23-41(46)48(10,11)12;/h14-26,29H,13H2,1-12H3;/q-2;+2. The summed E-state index contributed by atoms with van der Waals surface area (Å²) in [6.07, 6.45) is 2.83. The molecule has 54 heavy (non-hydrogen) atoms. The van der Waals surface area contributed by atoms with Crippen LogP contribution in [0.4, 0.5) is 0 Å². The van der Waals surface area contributed by atoms with E-state index in [1.807, 2.05) is 12.3 Å². The van der Waals surface area contributed by atoms with Crippen LogP contribution in [-0.2, 0) is 37.7 Å². The van der Waals surface area contributed by atoms with Gasteiger partial charge in [-0.3, -0.25) is 4.68 Å². The minimum absolute atomic E-state index is 0. The van der Waals surface area contributed by atoms with E-state index < -0.39 is 0 Å². The Bertz CT molecular complexity index is 2470. The van der Waals surface area contributed by atoms with Crippen molar-refractivity contribution in [3.8, 4) is 34.1 Å². The summed E-state index contributed by atoms with van der Waals surface area (Å²) < 4.78 is 10.9. The van der Waals surface area contributed by atoms with Gasteiger partial charge in [0.1, 0.15) is 5.82 Å². The van der Waals surface area contributed by atoms with Gasteiger partial charge < -0.3 is 9.30 Å². The van der Waals surface area contributed by atoms with Crippen molar-refractivity contribution in [1.82, 2.24) is 19.3 Å². The molecule has 0 radical (unpaired) electrons. The molecular weight excluding hydrogens is 755 g/mol. The molecule has 0 spiro atoms. The summed E-state index contributed by atoms with van der Waals surface area (Å²) in [5, 5.41) is 7.47. The average Bonchev–Trinajstić information content (AvgIpc) is 3.59. The molecule has 5 nitrogen and oxygen atoms in total. The van der Waals surface area contributed by atoms with E-state index in [0.29, 0.717) is 11.5 Å². The SMILES string of the molecule is CCc1ccnc(-n2c3[c-]c(Oc4[c-]c(-n5nc(C)c(-c6c(C(C)(C)C)cc(C)cc6C(C)(C)C)c5C)cc(C(C)C)c4)ccc3c3ccccc32)c1.[Pd+2]. The van der Waals surface area contributed by atoms with E-state index in [9.17, 15) is 0 Å². The van der Waals surface area contributed by atoms with Crippen molar-refractivity contribution in [2.75, 3.05) is 0 Å². The predicted molar refractivity (Wildman–Crippen MR) is 220 cm³/mol. The molecule has 3 heterocycles. The summed E-state index contributed by atoms with van der Waals surface area (Å²) >= 11 is 0. The molecule has 0 aliphatic carbocycles. The van der Waals surface area contributed by atoms with Crippen LogP contribution < -0.4 is 4.74 Å². The van der Waals surface area contributed by atoms with E-state index in [0.717, 1.165) is 56.7 Å². The Kier molecular flexibility index (Phi) is 10.6. The number of benzene rings is 4. The van der Waals surface area contributed by atoms with Gasteiger partial charge in [-0.1, -0.05) is 104 Å². The molecule has 4 aromatic carbocycles. The molecule has 0 aliphatic heterocycles. The zero-order valence-corrected chi connectivity index (χ0v) is 35.4. The van der Waals surface area contributed by atoms with Gasteiger partial charge >= 0.3 is 20.4 Å². The first kappa shape index (κ1) is 39.2. The summed E-state index contributed by atoms with van der Waals surface area (Å²) in [6, 6.07) is 33.1. The maximum atomic E-state index is 6.69. The quantitative estimate of drug-likeness (QED) is 0.119. The van der Waals surface area contributed by atoms with Crippen molar-refractivity contribution in [2.45, 2.75) is 106 Å².